The van der Waals surface area contributed by atoms with Crippen LogP contribution in [0.4, 0.5) is 4.39 Å². The Labute approximate surface area is 152 Å². The van der Waals surface area contributed by atoms with Gasteiger partial charge in [0.05, 0.1) is 19.1 Å². The van der Waals surface area contributed by atoms with Crippen molar-refractivity contribution in [3.63, 3.8) is 0 Å². The summed E-state index contributed by atoms with van der Waals surface area (Å²) in [5, 5.41) is 0. The highest BCUT2D eigenvalue weighted by atomic mass is 19.1. The van der Waals surface area contributed by atoms with E-state index in [-0.39, 0.29) is 18.8 Å². The maximum Gasteiger partial charge on any atom is 0.220 e. The predicted molar refractivity (Wildman–Crippen MR) is 99.3 cm³/mol. The van der Waals surface area contributed by atoms with Crippen molar-refractivity contribution >= 4 is 12.1 Å². The Morgan fingerprint density at radius 3 is 2.58 bits per heavy atom. The lowest BCUT2D eigenvalue weighted by molar-refractivity contribution is -0.122. The number of aliphatic imine (C=N–C) groups is 1. The fourth-order valence-corrected chi connectivity index (χ4v) is 3.15. The first-order chi connectivity index (χ1) is 12.6. The van der Waals surface area contributed by atoms with E-state index < -0.39 is 17.6 Å². The second kappa shape index (κ2) is 8.06. The lowest BCUT2D eigenvalue weighted by atomic mass is 9.84. The molecule has 0 bridgehead atoms. The molecule has 2 unspecified atom stereocenters. The highest BCUT2D eigenvalue weighted by molar-refractivity contribution is 5.77. The van der Waals surface area contributed by atoms with Crippen molar-refractivity contribution in [2.45, 2.75) is 31.1 Å². The van der Waals surface area contributed by atoms with Gasteiger partial charge in [-0.15, -0.1) is 0 Å². The summed E-state index contributed by atoms with van der Waals surface area (Å²) in [6.45, 7) is 0.176. The fraction of sp³-hybridized carbons (Fsp3) is 0.238. The average molecular weight is 352 g/mol. The number of allylic oxidation sites excluding steroid dienone is 1. The number of ether oxygens (including phenoxy) is 1. The van der Waals surface area contributed by atoms with E-state index in [9.17, 15) is 9.18 Å². The largest absolute Gasteiger partial charge is 0.370 e. The number of carbonyl (C=O) groups excluding carboxylic acids is 1. The molecule has 1 amide bonds. The normalized spacial score (nSPS) is 19.6. The molecule has 0 saturated heterocycles. The summed E-state index contributed by atoms with van der Waals surface area (Å²) >= 11 is 0. The van der Waals surface area contributed by atoms with Crippen LogP contribution in [0, 0.1) is 5.82 Å². The van der Waals surface area contributed by atoms with E-state index in [0.29, 0.717) is 12.0 Å². The summed E-state index contributed by atoms with van der Waals surface area (Å²) in [5.41, 5.74) is 6.52. The zero-order valence-electron chi connectivity index (χ0n) is 14.3. The number of rotatable bonds is 8. The van der Waals surface area contributed by atoms with E-state index in [2.05, 4.69) is 4.99 Å². The van der Waals surface area contributed by atoms with Gasteiger partial charge in [0.15, 0.2) is 0 Å². The van der Waals surface area contributed by atoms with Gasteiger partial charge in [0, 0.05) is 12.6 Å². The Kier molecular flexibility index (Phi) is 5.58. The summed E-state index contributed by atoms with van der Waals surface area (Å²) in [5.74, 6) is -0.785. The molecule has 2 aromatic rings. The van der Waals surface area contributed by atoms with Crippen LogP contribution in [0.1, 0.15) is 17.5 Å². The van der Waals surface area contributed by atoms with Gasteiger partial charge >= 0.3 is 0 Å². The van der Waals surface area contributed by atoms with Crippen LogP contribution in [0.5, 0.6) is 0 Å². The molecule has 1 aliphatic rings. The van der Waals surface area contributed by atoms with Crippen LogP contribution in [0.3, 0.4) is 0 Å². The van der Waals surface area contributed by atoms with E-state index in [1.165, 1.54) is 12.1 Å². The molecule has 0 radical (unpaired) electrons. The van der Waals surface area contributed by atoms with Crippen LogP contribution >= 0.6 is 0 Å². The number of halogens is 1. The minimum atomic E-state index is -0.705. The van der Waals surface area contributed by atoms with Gasteiger partial charge in [0.25, 0.3) is 0 Å². The molecule has 0 spiro atoms. The molecule has 1 aliphatic heterocycles. The van der Waals surface area contributed by atoms with Crippen LogP contribution < -0.4 is 5.73 Å². The molecule has 2 N–H and O–H groups in total. The fourth-order valence-electron chi connectivity index (χ4n) is 3.15. The number of hydrogen-bond donors (Lipinski definition) is 1. The van der Waals surface area contributed by atoms with Crippen molar-refractivity contribution in [1.29, 1.82) is 0 Å². The van der Waals surface area contributed by atoms with E-state index in [1.54, 1.807) is 18.3 Å². The van der Waals surface area contributed by atoms with Crippen LogP contribution in [0.25, 0.3) is 0 Å². The molecule has 4 nitrogen and oxygen atoms in total. The van der Waals surface area contributed by atoms with Crippen LogP contribution in [0.15, 0.2) is 71.7 Å². The third kappa shape index (κ3) is 4.43. The number of nitrogens with two attached hydrogens (primary N) is 1. The van der Waals surface area contributed by atoms with Gasteiger partial charge in [-0.2, -0.15) is 0 Å². The Bertz CT molecular complexity index is 806. The zero-order valence-corrected chi connectivity index (χ0v) is 14.3. The van der Waals surface area contributed by atoms with Crippen LogP contribution in [0.2, 0.25) is 0 Å². The van der Waals surface area contributed by atoms with Gasteiger partial charge < -0.3 is 10.5 Å². The SMILES string of the molecule is NC(=O)CC(OCc1cccc(F)c1)C1(Cc2ccccc2)C=CC=N1. The molecule has 1 heterocycles. The molecular formula is C21H21FN2O2. The summed E-state index contributed by atoms with van der Waals surface area (Å²) in [6.07, 6.45) is 5.58. The Hall–Kier alpha value is -2.79. The van der Waals surface area contributed by atoms with Gasteiger partial charge in [-0.3, -0.25) is 9.79 Å². The second-order valence-electron chi connectivity index (χ2n) is 6.39. The van der Waals surface area contributed by atoms with Crippen molar-refractivity contribution in [3.05, 3.63) is 83.7 Å². The van der Waals surface area contributed by atoms with Gasteiger partial charge in [-0.05, 0) is 29.3 Å². The lowest BCUT2D eigenvalue weighted by Crippen LogP contribution is -2.44. The first kappa shape index (κ1) is 18.0. The lowest BCUT2D eigenvalue weighted by Gasteiger charge is -2.33. The van der Waals surface area contributed by atoms with E-state index in [4.69, 9.17) is 10.5 Å². The quantitative estimate of drug-likeness (QED) is 0.793. The topological polar surface area (TPSA) is 64.7 Å². The van der Waals surface area contributed by atoms with Crippen molar-refractivity contribution in [2.75, 3.05) is 0 Å². The summed E-state index contributed by atoms with van der Waals surface area (Å²) < 4.78 is 19.4. The molecule has 0 fully saturated rings. The Balaban J connectivity index is 1.82. The molecule has 2 aromatic carbocycles. The third-order valence-corrected chi connectivity index (χ3v) is 4.40. The van der Waals surface area contributed by atoms with Gasteiger partial charge in [-0.1, -0.05) is 48.5 Å². The monoisotopic (exact) mass is 352 g/mol. The molecular weight excluding hydrogens is 331 g/mol. The Morgan fingerprint density at radius 2 is 1.92 bits per heavy atom. The maximum absolute atomic E-state index is 13.4. The molecule has 26 heavy (non-hydrogen) atoms. The van der Waals surface area contributed by atoms with Gasteiger partial charge in [0.2, 0.25) is 5.91 Å². The smallest absolute Gasteiger partial charge is 0.220 e. The van der Waals surface area contributed by atoms with Crippen molar-refractivity contribution in [3.8, 4) is 0 Å². The van der Waals surface area contributed by atoms with Crippen molar-refractivity contribution in [1.82, 2.24) is 0 Å². The number of amides is 1. The number of nitrogens with zero attached hydrogens (tertiary/aromatic N) is 1. The average Bonchev–Trinajstić information content (AvgIpc) is 3.09. The zero-order chi connectivity index (χ0) is 18.4. The van der Waals surface area contributed by atoms with Gasteiger partial charge in [-0.25, -0.2) is 4.39 Å². The van der Waals surface area contributed by atoms with E-state index in [1.807, 2.05) is 42.5 Å². The first-order valence-electron chi connectivity index (χ1n) is 8.49. The van der Waals surface area contributed by atoms with Crippen LogP contribution in [-0.4, -0.2) is 23.8 Å². The summed E-state index contributed by atoms with van der Waals surface area (Å²) in [6, 6.07) is 16.1. The second-order valence-corrected chi connectivity index (χ2v) is 6.39. The molecule has 0 aliphatic carbocycles. The predicted octanol–water partition coefficient (Wildman–Crippen LogP) is 3.21. The van der Waals surface area contributed by atoms with Crippen LogP contribution in [-0.2, 0) is 22.6 Å². The van der Waals surface area contributed by atoms with Gasteiger partial charge in [0.1, 0.15) is 11.4 Å². The molecule has 134 valence electrons. The maximum atomic E-state index is 13.4. The van der Waals surface area contributed by atoms with Crippen molar-refractivity contribution < 1.29 is 13.9 Å². The molecule has 0 aromatic heterocycles. The summed E-state index contributed by atoms with van der Waals surface area (Å²) in [7, 11) is 0. The van der Waals surface area contributed by atoms with E-state index in [0.717, 1.165) is 5.56 Å². The third-order valence-electron chi connectivity index (χ3n) is 4.40. The van der Waals surface area contributed by atoms with Crippen molar-refractivity contribution in [2.24, 2.45) is 10.7 Å². The standard InChI is InChI=1S/C21H21FN2O2/c22-18-9-4-8-17(12-18)15-26-19(13-20(23)25)21(10-5-11-24-21)14-16-6-2-1-3-7-16/h1-12,19H,13-15H2,(H2,23,25). The van der Waals surface area contributed by atoms with E-state index >= 15 is 0 Å². The first-order valence-corrected chi connectivity index (χ1v) is 8.49. The molecule has 5 heteroatoms. The number of primary amides is 1. The Morgan fingerprint density at radius 1 is 1.15 bits per heavy atom. The minimum Gasteiger partial charge on any atom is -0.370 e. The number of hydrogen-bond acceptors (Lipinski definition) is 3. The molecule has 2 atom stereocenters. The molecule has 0 saturated carbocycles. The summed E-state index contributed by atoms with van der Waals surface area (Å²) in [4.78, 5) is 16.2. The highest BCUT2D eigenvalue weighted by Crippen LogP contribution is 2.31. The number of carbonyl (C=O) groups is 1. The number of benzene rings is 2. The highest BCUT2D eigenvalue weighted by Gasteiger charge is 2.39. The molecule has 3 rings (SSSR count). The minimum absolute atomic E-state index is 0.0316.